The van der Waals surface area contributed by atoms with Crippen LogP contribution in [0.1, 0.15) is 31.7 Å². The predicted molar refractivity (Wildman–Crippen MR) is 55.3 cm³/mol. The summed E-state index contributed by atoms with van der Waals surface area (Å²) in [4.78, 5) is 0.458. The summed E-state index contributed by atoms with van der Waals surface area (Å²) in [6, 6.07) is 2.26. The molecule has 0 aromatic heterocycles. The average Bonchev–Trinajstić information content (AvgIpc) is 2.18. The standard InChI is InChI=1S/C11H12F2OS/c1-6-3-7(2)15(14)11-5-10(13)9(12)4-8(6)11/h4-7H,3H2,1-2H3. The number of rotatable bonds is 0. The minimum absolute atomic E-state index is 0.0114. The third-order valence-corrected chi connectivity index (χ3v) is 4.56. The van der Waals surface area contributed by atoms with Gasteiger partial charge < -0.3 is 0 Å². The first-order valence-corrected chi connectivity index (χ1v) is 6.11. The predicted octanol–water partition coefficient (Wildman–Crippen LogP) is 2.97. The molecule has 0 fully saturated rings. The first-order valence-electron chi connectivity index (χ1n) is 4.90. The van der Waals surface area contributed by atoms with E-state index in [2.05, 4.69) is 0 Å². The van der Waals surface area contributed by atoms with Crippen LogP contribution >= 0.6 is 0 Å². The summed E-state index contributed by atoms with van der Waals surface area (Å²) in [5.74, 6) is -1.63. The van der Waals surface area contributed by atoms with Crippen molar-refractivity contribution in [1.29, 1.82) is 0 Å². The summed E-state index contributed by atoms with van der Waals surface area (Å²) < 4.78 is 37.9. The van der Waals surface area contributed by atoms with Gasteiger partial charge in [-0.15, -0.1) is 0 Å². The van der Waals surface area contributed by atoms with Crippen LogP contribution in [0.2, 0.25) is 0 Å². The monoisotopic (exact) mass is 230 g/mol. The van der Waals surface area contributed by atoms with Crippen LogP contribution in [0.15, 0.2) is 17.0 Å². The second-order valence-corrected chi connectivity index (χ2v) is 5.89. The molecule has 3 unspecified atom stereocenters. The van der Waals surface area contributed by atoms with Crippen molar-refractivity contribution in [3.8, 4) is 0 Å². The van der Waals surface area contributed by atoms with Crippen LogP contribution in [0.5, 0.6) is 0 Å². The second kappa shape index (κ2) is 3.67. The van der Waals surface area contributed by atoms with E-state index in [9.17, 15) is 13.0 Å². The summed E-state index contributed by atoms with van der Waals surface area (Å²) >= 11 is 0. The molecule has 2 rings (SSSR count). The maximum Gasteiger partial charge on any atom is 0.160 e. The Morgan fingerprint density at radius 2 is 1.87 bits per heavy atom. The van der Waals surface area contributed by atoms with E-state index in [-0.39, 0.29) is 11.2 Å². The fraction of sp³-hybridized carbons (Fsp3) is 0.455. The lowest BCUT2D eigenvalue weighted by atomic mass is 9.95. The topological polar surface area (TPSA) is 17.1 Å². The van der Waals surface area contributed by atoms with E-state index in [4.69, 9.17) is 0 Å². The van der Waals surface area contributed by atoms with Gasteiger partial charge in [-0.2, -0.15) is 0 Å². The molecule has 0 N–H and O–H groups in total. The fourth-order valence-corrected chi connectivity index (χ4v) is 3.64. The average molecular weight is 230 g/mol. The van der Waals surface area contributed by atoms with Crippen molar-refractivity contribution in [2.45, 2.75) is 36.3 Å². The lowest BCUT2D eigenvalue weighted by molar-refractivity contribution is 0.497. The molecule has 0 saturated heterocycles. The van der Waals surface area contributed by atoms with Crippen molar-refractivity contribution in [2.24, 2.45) is 0 Å². The molecule has 0 amide bonds. The van der Waals surface area contributed by atoms with Gasteiger partial charge in [0.2, 0.25) is 0 Å². The highest BCUT2D eigenvalue weighted by atomic mass is 32.2. The number of fused-ring (bicyclic) bond motifs is 1. The normalized spacial score (nSPS) is 30.0. The molecule has 1 aromatic carbocycles. The SMILES string of the molecule is CC1CC(C)S(=O)c2cc(F)c(F)cc21. The third-order valence-electron chi connectivity index (χ3n) is 2.85. The first kappa shape index (κ1) is 10.7. The van der Waals surface area contributed by atoms with Gasteiger partial charge in [-0.05, 0) is 30.0 Å². The Hall–Kier alpha value is -0.770. The number of benzene rings is 1. The second-order valence-electron chi connectivity index (χ2n) is 4.05. The Balaban J connectivity index is 2.61. The van der Waals surface area contributed by atoms with Crippen LogP contribution in [0, 0.1) is 11.6 Å². The van der Waals surface area contributed by atoms with Crippen LogP contribution < -0.4 is 0 Å². The molecular formula is C11H12F2OS. The summed E-state index contributed by atoms with van der Waals surface area (Å²) in [7, 11) is -1.21. The maximum absolute atomic E-state index is 13.0. The molecular weight excluding hydrogens is 218 g/mol. The largest absolute Gasteiger partial charge is 0.254 e. The smallest absolute Gasteiger partial charge is 0.160 e. The van der Waals surface area contributed by atoms with Crippen molar-refractivity contribution < 1.29 is 13.0 Å². The van der Waals surface area contributed by atoms with Crippen molar-refractivity contribution in [2.75, 3.05) is 0 Å². The van der Waals surface area contributed by atoms with E-state index in [1.165, 1.54) is 6.07 Å². The van der Waals surface area contributed by atoms with Crippen LogP contribution in [-0.2, 0) is 10.8 Å². The van der Waals surface area contributed by atoms with Gasteiger partial charge in [0.15, 0.2) is 11.6 Å². The van der Waals surface area contributed by atoms with Crippen molar-refractivity contribution in [3.05, 3.63) is 29.3 Å². The molecule has 4 heteroatoms. The van der Waals surface area contributed by atoms with Crippen LogP contribution in [0.4, 0.5) is 8.78 Å². The summed E-state index contributed by atoms with van der Waals surface area (Å²) in [6.07, 6.45) is 0.755. The van der Waals surface area contributed by atoms with Gasteiger partial charge in [0.1, 0.15) is 0 Å². The van der Waals surface area contributed by atoms with Crippen LogP contribution in [0.25, 0.3) is 0 Å². The van der Waals surface area contributed by atoms with Crippen molar-refractivity contribution in [1.82, 2.24) is 0 Å². The molecule has 0 radical (unpaired) electrons. The lowest BCUT2D eigenvalue weighted by Gasteiger charge is -2.26. The van der Waals surface area contributed by atoms with E-state index >= 15 is 0 Å². The fourth-order valence-electron chi connectivity index (χ4n) is 2.03. The Kier molecular flexibility index (Phi) is 2.63. The summed E-state index contributed by atoms with van der Waals surface area (Å²) in [5.41, 5.74) is 0.685. The molecule has 82 valence electrons. The third kappa shape index (κ3) is 1.71. The van der Waals surface area contributed by atoms with Gasteiger partial charge in [0, 0.05) is 10.1 Å². The maximum atomic E-state index is 13.0. The van der Waals surface area contributed by atoms with Gasteiger partial charge in [-0.1, -0.05) is 13.8 Å². The minimum Gasteiger partial charge on any atom is -0.254 e. The molecule has 0 spiro atoms. The quantitative estimate of drug-likeness (QED) is 0.669. The molecule has 1 aromatic rings. The van der Waals surface area contributed by atoms with Gasteiger partial charge >= 0.3 is 0 Å². The molecule has 1 nitrogen and oxygen atoms in total. The summed E-state index contributed by atoms with van der Waals surface area (Å²) in [5, 5.41) is 0.0114. The highest BCUT2D eigenvalue weighted by molar-refractivity contribution is 7.85. The Labute approximate surface area is 90.0 Å². The Morgan fingerprint density at radius 1 is 1.27 bits per heavy atom. The molecule has 0 saturated carbocycles. The molecule has 1 aliphatic rings. The van der Waals surface area contributed by atoms with E-state index < -0.39 is 22.4 Å². The highest BCUT2D eigenvalue weighted by Gasteiger charge is 2.29. The highest BCUT2D eigenvalue weighted by Crippen LogP contribution is 2.36. The number of halogens is 2. The van der Waals surface area contributed by atoms with Gasteiger partial charge in [-0.25, -0.2) is 8.78 Å². The van der Waals surface area contributed by atoms with E-state index in [1.54, 1.807) is 0 Å². The van der Waals surface area contributed by atoms with Gasteiger partial charge in [0.05, 0.1) is 10.8 Å². The zero-order valence-electron chi connectivity index (χ0n) is 8.59. The Morgan fingerprint density at radius 3 is 2.53 bits per heavy atom. The number of hydrogen-bond donors (Lipinski definition) is 0. The minimum atomic E-state index is -1.21. The Bertz CT molecular complexity index is 431. The van der Waals surface area contributed by atoms with Crippen LogP contribution in [0.3, 0.4) is 0 Å². The van der Waals surface area contributed by atoms with Gasteiger partial charge in [-0.3, -0.25) is 4.21 Å². The van der Waals surface area contributed by atoms with E-state index in [1.807, 2.05) is 13.8 Å². The van der Waals surface area contributed by atoms with Crippen molar-refractivity contribution >= 4 is 10.8 Å². The summed E-state index contributed by atoms with van der Waals surface area (Å²) in [6.45, 7) is 3.82. The van der Waals surface area contributed by atoms with E-state index in [0.29, 0.717) is 10.5 Å². The zero-order chi connectivity index (χ0) is 11.2. The van der Waals surface area contributed by atoms with Gasteiger partial charge in [0.25, 0.3) is 0 Å². The first-order chi connectivity index (χ1) is 7.00. The lowest BCUT2D eigenvalue weighted by Crippen LogP contribution is -2.22. The van der Waals surface area contributed by atoms with E-state index in [0.717, 1.165) is 12.5 Å². The molecule has 1 heterocycles. The molecule has 1 aliphatic heterocycles. The molecule has 15 heavy (non-hydrogen) atoms. The number of hydrogen-bond acceptors (Lipinski definition) is 1. The van der Waals surface area contributed by atoms with Crippen LogP contribution in [-0.4, -0.2) is 9.46 Å². The molecule has 0 bridgehead atoms. The molecule has 3 atom stereocenters. The molecule has 0 aliphatic carbocycles. The zero-order valence-corrected chi connectivity index (χ0v) is 9.41. The van der Waals surface area contributed by atoms with Crippen molar-refractivity contribution in [3.63, 3.8) is 0 Å².